The van der Waals surface area contributed by atoms with Crippen LogP contribution in [0, 0.1) is 11.3 Å². The van der Waals surface area contributed by atoms with Crippen molar-refractivity contribution in [2.45, 2.75) is 25.3 Å². The number of alkyl halides is 3. The molecular weight excluding hydrogens is 358 g/mol. The van der Waals surface area contributed by atoms with Crippen LogP contribution in [0.3, 0.4) is 0 Å². The lowest BCUT2D eigenvalue weighted by Gasteiger charge is -2.10. The van der Waals surface area contributed by atoms with Crippen LogP contribution in [-0.2, 0) is 9.53 Å². The first-order valence-electron chi connectivity index (χ1n) is 6.27. The molecule has 1 N–H and O–H groups in total. The van der Waals surface area contributed by atoms with Gasteiger partial charge < -0.3 is 10.1 Å². The van der Waals surface area contributed by atoms with Crippen LogP contribution in [0.2, 0.25) is 0 Å². The molecule has 120 valence electrons. The molecule has 0 fully saturated rings. The van der Waals surface area contributed by atoms with Crippen molar-refractivity contribution < 1.29 is 18.3 Å². The molecule has 1 unspecified atom stereocenters. The van der Waals surface area contributed by atoms with Crippen LogP contribution in [0.25, 0.3) is 0 Å². The van der Waals surface area contributed by atoms with E-state index in [4.69, 9.17) is 5.26 Å². The van der Waals surface area contributed by atoms with Crippen LogP contribution >= 0.6 is 15.9 Å². The number of hydrogen-bond acceptors (Lipinski definition) is 4. The summed E-state index contributed by atoms with van der Waals surface area (Å²) < 4.78 is 27.6. The minimum Gasteiger partial charge on any atom is -0.356 e. The van der Waals surface area contributed by atoms with E-state index in [0.717, 1.165) is 0 Å². The van der Waals surface area contributed by atoms with E-state index in [1.807, 2.05) is 13.0 Å². The number of nitrogens with zero attached hydrogens (tertiary/aromatic N) is 1. The molecule has 0 bridgehead atoms. The Morgan fingerprint density at radius 2 is 2.18 bits per heavy atom. The van der Waals surface area contributed by atoms with Crippen LogP contribution in [0.15, 0.2) is 47.9 Å². The summed E-state index contributed by atoms with van der Waals surface area (Å²) in [5, 5.41) is 11.6. The average Bonchev–Trinajstić information content (AvgIpc) is 2.42. The summed E-state index contributed by atoms with van der Waals surface area (Å²) in [6, 6.07) is 1.67. The number of allylic oxidation sites excluding steroid dienone is 5. The standard InChI is InChI=1S/C15H17BrF2N2O2/c1-10(9-19)14(21)13(20-12(3)8-11(2)16)6-4-5-7-22-15(17)18/h4-6,8,11,15,20H,1,7H2,2-3H3/b5-4+,12-8+,13-6-. The van der Waals surface area contributed by atoms with Gasteiger partial charge in [-0.05, 0) is 19.9 Å². The minimum atomic E-state index is -2.85. The largest absolute Gasteiger partial charge is 0.356 e. The van der Waals surface area contributed by atoms with E-state index >= 15 is 0 Å². The molecule has 0 aromatic rings. The van der Waals surface area contributed by atoms with Crippen LogP contribution in [0.4, 0.5) is 8.78 Å². The highest BCUT2D eigenvalue weighted by Gasteiger charge is 2.12. The molecule has 0 spiro atoms. The summed E-state index contributed by atoms with van der Waals surface area (Å²) in [4.78, 5) is 12.1. The van der Waals surface area contributed by atoms with Crippen LogP contribution in [0.5, 0.6) is 0 Å². The minimum absolute atomic E-state index is 0.0884. The number of halogens is 3. The van der Waals surface area contributed by atoms with Gasteiger partial charge in [0, 0.05) is 10.5 Å². The zero-order chi connectivity index (χ0) is 17.1. The highest BCUT2D eigenvalue weighted by Crippen LogP contribution is 2.07. The summed E-state index contributed by atoms with van der Waals surface area (Å²) in [6.07, 6.45) is 5.90. The molecule has 22 heavy (non-hydrogen) atoms. The summed E-state index contributed by atoms with van der Waals surface area (Å²) in [5.74, 6) is -0.572. The first-order valence-corrected chi connectivity index (χ1v) is 7.19. The number of hydrogen-bond donors (Lipinski definition) is 1. The lowest BCUT2D eigenvalue weighted by atomic mass is 10.1. The maximum atomic E-state index is 12.0. The fraction of sp³-hybridized carbons (Fsp3) is 0.333. The second kappa shape index (κ2) is 10.9. The van der Waals surface area contributed by atoms with Crippen molar-refractivity contribution >= 4 is 21.7 Å². The van der Waals surface area contributed by atoms with Gasteiger partial charge in [0.15, 0.2) is 0 Å². The number of nitriles is 1. The van der Waals surface area contributed by atoms with E-state index in [0.29, 0.717) is 5.70 Å². The Hall–Kier alpha value is -1.78. The fourth-order valence-electron chi connectivity index (χ4n) is 1.33. The van der Waals surface area contributed by atoms with E-state index in [-0.39, 0.29) is 22.7 Å². The SMILES string of the molecule is C=C(C#N)C(=O)/C(=C/C=C/COC(F)F)N/C(C)=C/C(C)Br. The van der Waals surface area contributed by atoms with Crippen molar-refractivity contribution in [2.24, 2.45) is 0 Å². The Labute approximate surface area is 137 Å². The summed E-state index contributed by atoms with van der Waals surface area (Å²) in [7, 11) is 0. The quantitative estimate of drug-likeness (QED) is 0.290. The highest BCUT2D eigenvalue weighted by atomic mass is 79.9. The molecule has 0 heterocycles. The normalized spacial score (nSPS) is 14.0. The molecule has 0 radical (unpaired) electrons. The van der Waals surface area contributed by atoms with Gasteiger partial charge in [-0.25, -0.2) is 0 Å². The summed E-state index contributed by atoms with van der Waals surface area (Å²) >= 11 is 3.34. The van der Waals surface area contributed by atoms with Gasteiger partial charge in [-0.3, -0.25) is 4.79 Å². The van der Waals surface area contributed by atoms with Crippen molar-refractivity contribution in [3.8, 4) is 6.07 Å². The van der Waals surface area contributed by atoms with Gasteiger partial charge >= 0.3 is 6.61 Å². The molecule has 0 aromatic carbocycles. The smallest absolute Gasteiger partial charge is 0.345 e. The molecule has 0 saturated carbocycles. The molecule has 0 aliphatic rings. The second-order valence-corrected chi connectivity index (χ2v) is 5.62. The van der Waals surface area contributed by atoms with Crippen molar-refractivity contribution in [3.05, 3.63) is 47.9 Å². The monoisotopic (exact) mass is 374 g/mol. The van der Waals surface area contributed by atoms with Crippen LogP contribution < -0.4 is 5.32 Å². The third-order valence-corrected chi connectivity index (χ3v) is 2.45. The number of ether oxygens (including phenoxy) is 1. The van der Waals surface area contributed by atoms with Crippen molar-refractivity contribution in [3.63, 3.8) is 0 Å². The van der Waals surface area contributed by atoms with E-state index in [2.05, 4.69) is 32.6 Å². The maximum Gasteiger partial charge on any atom is 0.345 e. The molecule has 1 atom stereocenters. The first-order chi connectivity index (χ1) is 10.3. The number of carbonyl (C=O) groups excluding carboxylic acids is 1. The van der Waals surface area contributed by atoms with Gasteiger partial charge in [-0.15, -0.1) is 0 Å². The maximum absolute atomic E-state index is 12.0. The Morgan fingerprint density at radius 1 is 1.55 bits per heavy atom. The number of Topliss-reactive ketones (excluding diaryl/α,β-unsaturated/α-hetero) is 1. The van der Waals surface area contributed by atoms with Gasteiger partial charge in [0.1, 0.15) is 6.07 Å². The average molecular weight is 375 g/mol. The third kappa shape index (κ3) is 9.21. The lowest BCUT2D eigenvalue weighted by Crippen LogP contribution is -2.20. The van der Waals surface area contributed by atoms with Crippen molar-refractivity contribution in [1.29, 1.82) is 5.26 Å². The highest BCUT2D eigenvalue weighted by molar-refractivity contribution is 9.09. The van der Waals surface area contributed by atoms with Gasteiger partial charge in [-0.2, -0.15) is 14.0 Å². The van der Waals surface area contributed by atoms with Crippen LogP contribution in [-0.4, -0.2) is 23.8 Å². The predicted octanol–water partition coefficient (Wildman–Crippen LogP) is 3.59. The second-order valence-electron chi connectivity index (χ2n) is 4.17. The number of carbonyl (C=O) groups is 1. The zero-order valence-corrected chi connectivity index (χ0v) is 13.9. The topological polar surface area (TPSA) is 62.1 Å². The molecule has 0 aliphatic carbocycles. The first kappa shape index (κ1) is 20.2. The number of nitrogens with one attached hydrogen (secondary N) is 1. The zero-order valence-electron chi connectivity index (χ0n) is 12.3. The molecule has 0 amide bonds. The van der Waals surface area contributed by atoms with E-state index in [1.165, 1.54) is 18.2 Å². The summed E-state index contributed by atoms with van der Waals surface area (Å²) in [5.41, 5.74) is 0.573. The summed E-state index contributed by atoms with van der Waals surface area (Å²) in [6.45, 7) is 3.86. The number of ketones is 1. The molecular formula is C15H17BrF2N2O2. The van der Waals surface area contributed by atoms with Crippen molar-refractivity contribution in [2.75, 3.05) is 6.61 Å². The van der Waals surface area contributed by atoms with E-state index < -0.39 is 12.4 Å². The van der Waals surface area contributed by atoms with Crippen LogP contribution in [0.1, 0.15) is 13.8 Å². The molecule has 0 aliphatic heterocycles. The van der Waals surface area contributed by atoms with Gasteiger partial charge in [0.2, 0.25) is 5.78 Å². The predicted molar refractivity (Wildman–Crippen MR) is 84.2 cm³/mol. The Balaban J connectivity index is 5.06. The molecule has 7 heteroatoms. The lowest BCUT2D eigenvalue weighted by molar-refractivity contribution is -0.119. The third-order valence-electron chi connectivity index (χ3n) is 2.18. The fourth-order valence-corrected chi connectivity index (χ4v) is 1.73. The molecule has 4 nitrogen and oxygen atoms in total. The Kier molecular flexibility index (Phi) is 10.00. The Morgan fingerprint density at radius 3 is 2.68 bits per heavy atom. The van der Waals surface area contributed by atoms with E-state index in [1.54, 1.807) is 13.0 Å². The van der Waals surface area contributed by atoms with Gasteiger partial charge in [0.05, 0.1) is 17.9 Å². The number of rotatable bonds is 9. The molecule has 0 rings (SSSR count). The Bertz CT molecular complexity index is 532. The van der Waals surface area contributed by atoms with E-state index in [9.17, 15) is 13.6 Å². The van der Waals surface area contributed by atoms with Crippen molar-refractivity contribution in [1.82, 2.24) is 5.32 Å². The van der Waals surface area contributed by atoms with Gasteiger partial charge in [-0.1, -0.05) is 40.7 Å². The van der Waals surface area contributed by atoms with Gasteiger partial charge in [0.25, 0.3) is 0 Å². The molecule has 0 saturated heterocycles. The molecule has 0 aromatic heterocycles.